The quantitative estimate of drug-likeness (QED) is 0.738. The van der Waals surface area contributed by atoms with Crippen LogP contribution in [0.2, 0.25) is 0 Å². The Kier molecular flexibility index (Phi) is 5.10. The lowest BCUT2D eigenvalue weighted by atomic mass is 9.85. The minimum atomic E-state index is 0. The monoisotopic (exact) mass is 259 g/mol. The predicted octanol–water partition coefficient (Wildman–Crippen LogP) is 3.27. The van der Waals surface area contributed by atoms with E-state index in [1.165, 1.54) is 29.5 Å². The first-order valence-electron chi connectivity index (χ1n) is 5.54. The maximum atomic E-state index is 5.98. The normalized spacial score (nSPS) is 19.1. The minimum absolute atomic E-state index is 0. The van der Waals surface area contributed by atoms with Crippen LogP contribution in [0.15, 0.2) is 18.2 Å². The molecule has 0 saturated heterocycles. The van der Waals surface area contributed by atoms with Gasteiger partial charge in [-0.25, -0.2) is 0 Å². The average molecular weight is 260 g/mol. The van der Waals surface area contributed by atoms with E-state index in [-0.39, 0.29) is 12.4 Å². The van der Waals surface area contributed by atoms with Crippen molar-refractivity contribution in [3.8, 4) is 0 Å². The highest BCUT2D eigenvalue weighted by Crippen LogP contribution is 2.27. The van der Waals surface area contributed by atoms with Gasteiger partial charge in [0.05, 0.1) is 0 Å². The fourth-order valence-corrected chi connectivity index (χ4v) is 2.66. The van der Waals surface area contributed by atoms with Crippen molar-refractivity contribution in [1.82, 2.24) is 4.90 Å². The molecule has 90 valence electrons. The zero-order chi connectivity index (χ0) is 10.8. The predicted molar refractivity (Wildman–Crippen MR) is 72.7 cm³/mol. The molecule has 0 aliphatic heterocycles. The number of hydrogen-bond donors (Lipinski definition) is 0. The highest BCUT2D eigenvalue weighted by Gasteiger charge is 2.21. The molecule has 0 aromatic heterocycles. The average Bonchev–Trinajstić information content (AvgIpc) is 2.27. The molecule has 16 heavy (non-hydrogen) atoms. The van der Waals surface area contributed by atoms with Crippen molar-refractivity contribution in [1.29, 1.82) is 0 Å². The van der Waals surface area contributed by atoms with Gasteiger partial charge in [0, 0.05) is 11.9 Å². The van der Waals surface area contributed by atoms with Crippen LogP contribution in [0.3, 0.4) is 0 Å². The van der Waals surface area contributed by atoms with Crippen molar-refractivity contribution in [2.75, 3.05) is 14.1 Å². The number of alkyl halides is 1. The number of hydrogen-bond acceptors (Lipinski definition) is 1. The first-order chi connectivity index (χ1) is 7.22. The first-order valence-corrected chi connectivity index (χ1v) is 6.08. The van der Waals surface area contributed by atoms with Gasteiger partial charge in [0.25, 0.3) is 0 Å². The van der Waals surface area contributed by atoms with Crippen LogP contribution < -0.4 is 0 Å². The zero-order valence-corrected chi connectivity index (χ0v) is 11.4. The molecule has 1 aromatic carbocycles. The van der Waals surface area contributed by atoms with Crippen molar-refractivity contribution in [3.63, 3.8) is 0 Å². The molecule has 0 radical (unpaired) electrons. The van der Waals surface area contributed by atoms with E-state index < -0.39 is 0 Å². The van der Waals surface area contributed by atoms with E-state index in [1.54, 1.807) is 0 Å². The Balaban J connectivity index is 0.00000128. The molecule has 0 N–H and O–H groups in total. The summed E-state index contributed by atoms with van der Waals surface area (Å²) in [5.74, 6) is 0.642. The smallest absolute Gasteiger partial charge is 0.0476 e. The second kappa shape index (κ2) is 5.90. The second-order valence-corrected chi connectivity index (χ2v) is 4.82. The molecule has 0 saturated carbocycles. The number of aryl methyl sites for hydroxylation is 1. The molecule has 0 heterocycles. The summed E-state index contributed by atoms with van der Waals surface area (Å²) < 4.78 is 0. The Bertz CT molecular complexity index is 336. The number of nitrogens with zero attached hydrogens (tertiary/aromatic N) is 1. The first kappa shape index (κ1) is 13.8. The van der Waals surface area contributed by atoms with Gasteiger partial charge in [-0.1, -0.05) is 18.2 Å². The van der Waals surface area contributed by atoms with Crippen molar-refractivity contribution < 1.29 is 0 Å². The molecule has 1 aromatic rings. The van der Waals surface area contributed by atoms with Gasteiger partial charge in [0.1, 0.15) is 0 Å². The van der Waals surface area contributed by atoms with Crippen LogP contribution in [0.5, 0.6) is 0 Å². The van der Waals surface area contributed by atoms with Gasteiger partial charge in [0.2, 0.25) is 0 Å². The van der Waals surface area contributed by atoms with Gasteiger partial charge >= 0.3 is 0 Å². The van der Waals surface area contributed by atoms with E-state index in [9.17, 15) is 0 Å². The second-order valence-electron chi connectivity index (χ2n) is 4.55. The number of fused-ring (bicyclic) bond motifs is 1. The molecule has 2 rings (SSSR count). The van der Waals surface area contributed by atoms with Crippen molar-refractivity contribution in [2.24, 2.45) is 0 Å². The molecule has 1 unspecified atom stereocenters. The van der Waals surface area contributed by atoms with E-state index in [1.807, 2.05) is 0 Å². The molecule has 1 aliphatic carbocycles. The molecule has 1 atom stereocenters. The topological polar surface area (TPSA) is 3.24 Å². The lowest BCUT2D eigenvalue weighted by molar-refractivity contribution is 0.268. The van der Waals surface area contributed by atoms with Gasteiger partial charge in [-0.15, -0.1) is 24.0 Å². The van der Waals surface area contributed by atoms with E-state index >= 15 is 0 Å². The van der Waals surface area contributed by atoms with Crippen LogP contribution in [0.4, 0.5) is 0 Å². The van der Waals surface area contributed by atoms with Crippen molar-refractivity contribution in [2.45, 2.75) is 31.2 Å². The Labute approximate surface area is 109 Å². The van der Waals surface area contributed by atoms with Crippen LogP contribution in [-0.4, -0.2) is 25.0 Å². The molecular weight excluding hydrogens is 241 g/mol. The highest BCUT2D eigenvalue weighted by atomic mass is 35.5. The Morgan fingerprint density at radius 3 is 2.75 bits per heavy atom. The van der Waals surface area contributed by atoms with Crippen LogP contribution in [-0.2, 0) is 18.7 Å². The van der Waals surface area contributed by atoms with E-state index in [0.717, 1.165) is 6.42 Å². The number of benzene rings is 1. The van der Waals surface area contributed by atoms with Crippen molar-refractivity contribution in [3.05, 3.63) is 34.9 Å². The summed E-state index contributed by atoms with van der Waals surface area (Å²) in [7, 11) is 4.33. The lowest BCUT2D eigenvalue weighted by Crippen LogP contribution is -2.33. The molecule has 1 aliphatic rings. The summed E-state index contributed by atoms with van der Waals surface area (Å²) in [6.45, 7) is 0. The van der Waals surface area contributed by atoms with Gasteiger partial charge in [-0.3, -0.25) is 0 Å². The number of likely N-dealkylation sites (N-methyl/N-ethyl adjacent to an activating group) is 1. The number of halogens is 2. The van der Waals surface area contributed by atoms with E-state index in [4.69, 9.17) is 11.6 Å². The maximum Gasteiger partial charge on any atom is 0.0476 e. The minimum Gasteiger partial charge on any atom is -0.306 e. The fourth-order valence-electron chi connectivity index (χ4n) is 2.41. The van der Waals surface area contributed by atoms with Gasteiger partial charge in [-0.05, 0) is 50.0 Å². The highest BCUT2D eigenvalue weighted by molar-refractivity contribution is 6.17. The van der Waals surface area contributed by atoms with Crippen molar-refractivity contribution >= 4 is 24.0 Å². The largest absolute Gasteiger partial charge is 0.306 e. The van der Waals surface area contributed by atoms with Crippen LogP contribution in [0.25, 0.3) is 0 Å². The molecule has 3 heteroatoms. The molecule has 1 nitrogen and oxygen atoms in total. The van der Waals surface area contributed by atoms with Gasteiger partial charge in [0.15, 0.2) is 0 Å². The lowest BCUT2D eigenvalue weighted by Gasteiger charge is -2.31. The third-order valence-corrected chi connectivity index (χ3v) is 3.72. The van der Waals surface area contributed by atoms with Gasteiger partial charge < -0.3 is 4.90 Å². The summed E-state index contributed by atoms with van der Waals surface area (Å²) in [5.41, 5.74) is 4.32. The molecule has 0 spiro atoms. The number of rotatable bonds is 2. The third kappa shape index (κ3) is 2.71. The Hall–Kier alpha value is -0.240. The summed E-state index contributed by atoms with van der Waals surface area (Å²) in [6, 6.07) is 7.22. The van der Waals surface area contributed by atoms with Crippen LogP contribution in [0.1, 0.15) is 23.1 Å². The van der Waals surface area contributed by atoms with E-state index in [0.29, 0.717) is 11.9 Å². The maximum absolute atomic E-state index is 5.98. The van der Waals surface area contributed by atoms with Crippen LogP contribution >= 0.6 is 24.0 Å². The Morgan fingerprint density at radius 2 is 2.12 bits per heavy atom. The van der Waals surface area contributed by atoms with Gasteiger partial charge in [-0.2, -0.15) is 0 Å². The fraction of sp³-hybridized carbons (Fsp3) is 0.538. The van der Waals surface area contributed by atoms with Crippen LogP contribution in [0, 0.1) is 0 Å². The Morgan fingerprint density at radius 1 is 1.38 bits per heavy atom. The standard InChI is InChI=1S/C13H18ClN.ClH/c1-15(2)12-7-6-10-4-3-5-11(9-14)13(10)8-12;/h3-5,12H,6-9H2,1-2H3;1H. The molecular formula is C13H19Cl2N. The third-order valence-electron chi connectivity index (χ3n) is 3.43. The zero-order valence-electron chi connectivity index (χ0n) is 9.87. The summed E-state index contributed by atoms with van der Waals surface area (Å²) in [4.78, 5) is 2.33. The molecule has 0 bridgehead atoms. The summed E-state index contributed by atoms with van der Waals surface area (Å²) in [6.07, 6.45) is 3.62. The molecule has 0 fully saturated rings. The summed E-state index contributed by atoms with van der Waals surface area (Å²) in [5, 5.41) is 0. The molecule has 0 amide bonds. The summed E-state index contributed by atoms with van der Waals surface area (Å²) >= 11 is 5.98. The SMILES string of the molecule is CN(C)C1CCc2cccc(CCl)c2C1.Cl. The van der Waals surface area contributed by atoms with E-state index in [2.05, 4.69) is 37.2 Å².